The van der Waals surface area contributed by atoms with Crippen molar-refractivity contribution in [1.82, 2.24) is 14.9 Å². The lowest BCUT2D eigenvalue weighted by atomic mass is 10.1. The first-order chi connectivity index (χ1) is 7.15. The maximum Gasteiger partial charge on any atom is 0.0950 e. The molecule has 1 heterocycles. The summed E-state index contributed by atoms with van der Waals surface area (Å²) in [4.78, 5) is 4.21. The summed E-state index contributed by atoms with van der Waals surface area (Å²) in [5.41, 5.74) is 1.34. The minimum absolute atomic E-state index is 0.511. The van der Waals surface area contributed by atoms with E-state index in [2.05, 4.69) is 42.6 Å². The van der Waals surface area contributed by atoms with Gasteiger partial charge in [0.05, 0.1) is 6.33 Å². The molecule has 0 saturated carbocycles. The van der Waals surface area contributed by atoms with Gasteiger partial charge in [-0.25, -0.2) is 4.98 Å². The van der Waals surface area contributed by atoms with Gasteiger partial charge in [-0.3, -0.25) is 0 Å². The van der Waals surface area contributed by atoms with Crippen molar-refractivity contribution in [3.63, 3.8) is 0 Å². The Hall–Kier alpha value is -0.830. The molecule has 1 aromatic heterocycles. The predicted molar refractivity (Wildman–Crippen MR) is 64.1 cm³/mol. The van der Waals surface area contributed by atoms with Gasteiger partial charge < -0.3 is 9.88 Å². The standard InChI is InChI=1S/C12H23N3/c1-5-14-11(4)6-7-12-8-13-9-15(12)10(2)3/h8-11,14H,5-7H2,1-4H3. The summed E-state index contributed by atoms with van der Waals surface area (Å²) in [6.07, 6.45) is 6.19. The second-order valence-electron chi connectivity index (χ2n) is 4.38. The minimum Gasteiger partial charge on any atom is -0.332 e. The zero-order valence-electron chi connectivity index (χ0n) is 10.3. The third-order valence-corrected chi connectivity index (χ3v) is 2.69. The van der Waals surface area contributed by atoms with Gasteiger partial charge >= 0.3 is 0 Å². The third-order valence-electron chi connectivity index (χ3n) is 2.69. The summed E-state index contributed by atoms with van der Waals surface area (Å²) in [7, 11) is 0. The second kappa shape index (κ2) is 5.91. The van der Waals surface area contributed by atoms with Crippen LogP contribution in [0.5, 0.6) is 0 Å². The van der Waals surface area contributed by atoms with E-state index in [0.717, 1.165) is 13.0 Å². The maximum absolute atomic E-state index is 4.21. The van der Waals surface area contributed by atoms with Gasteiger partial charge in [0, 0.05) is 24.0 Å². The Bertz CT molecular complexity index is 278. The van der Waals surface area contributed by atoms with E-state index in [9.17, 15) is 0 Å². The highest BCUT2D eigenvalue weighted by atomic mass is 15.1. The highest BCUT2D eigenvalue weighted by Crippen LogP contribution is 2.11. The quantitative estimate of drug-likeness (QED) is 0.779. The van der Waals surface area contributed by atoms with Gasteiger partial charge in [-0.1, -0.05) is 6.92 Å². The molecule has 3 nitrogen and oxygen atoms in total. The Balaban J connectivity index is 2.46. The number of aryl methyl sites for hydroxylation is 1. The summed E-state index contributed by atoms with van der Waals surface area (Å²) in [6, 6.07) is 1.10. The molecule has 3 heteroatoms. The van der Waals surface area contributed by atoms with Gasteiger partial charge in [0.15, 0.2) is 0 Å². The van der Waals surface area contributed by atoms with E-state index in [4.69, 9.17) is 0 Å². The molecule has 0 bridgehead atoms. The number of nitrogens with one attached hydrogen (secondary N) is 1. The average molecular weight is 209 g/mol. The average Bonchev–Trinajstić information content (AvgIpc) is 2.63. The molecule has 1 N–H and O–H groups in total. The highest BCUT2D eigenvalue weighted by molar-refractivity contribution is 5.00. The molecule has 15 heavy (non-hydrogen) atoms. The van der Waals surface area contributed by atoms with Crippen LogP contribution in [0.25, 0.3) is 0 Å². The smallest absolute Gasteiger partial charge is 0.0950 e. The molecule has 0 aliphatic heterocycles. The van der Waals surface area contributed by atoms with E-state index < -0.39 is 0 Å². The van der Waals surface area contributed by atoms with Crippen LogP contribution < -0.4 is 5.32 Å². The number of hydrogen-bond acceptors (Lipinski definition) is 2. The Labute approximate surface area is 92.9 Å². The van der Waals surface area contributed by atoms with E-state index in [1.54, 1.807) is 0 Å². The van der Waals surface area contributed by atoms with Crippen molar-refractivity contribution in [2.45, 2.75) is 52.6 Å². The number of imidazole rings is 1. The first kappa shape index (κ1) is 12.2. The van der Waals surface area contributed by atoms with E-state index in [0.29, 0.717) is 12.1 Å². The van der Waals surface area contributed by atoms with Gasteiger partial charge in [0.1, 0.15) is 0 Å². The molecule has 0 aromatic carbocycles. The SMILES string of the molecule is CCNC(C)CCc1cncn1C(C)C. The maximum atomic E-state index is 4.21. The van der Waals surface area contributed by atoms with E-state index in [-0.39, 0.29) is 0 Å². The Morgan fingerprint density at radius 3 is 2.73 bits per heavy atom. The molecule has 86 valence electrons. The summed E-state index contributed by atoms with van der Waals surface area (Å²) in [5.74, 6) is 0. The molecular formula is C12H23N3. The largest absolute Gasteiger partial charge is 0.332 e. The van der Waals surface area contributed by atoms with Crippen LogP contribution in [0.2, 0.25) is 0 Å². The van der Waals surface area contributed by atoms with Gasteiger partial charge in [0.2, 0.25) is 0 Å². The van der Waals surface area contributed by atoms with Crippen LogP contribution in [0, 0.1) is 0 Å². The molecule has 0 amide bonds. The van der Waals surface area contributed by atoms with Crippen LogP contribution in [0.15, 0.2) is 12.5 Å². The van der Waals surface area contributed by atoms with Crippen molar-refractivity contribution in [1.29, 1.82) is 0 Å². The molecule has 1 unspecified atom stereocenters. The predicted octanol–water partition coefficient (Wildman–Crippen LogP) is 2.39. The zero-order chi connectivity index (χ0) is 11.3. The van der Waals surface area contributed by atoms with Gasteiger partial charge in [0.25, 0.3) is 0 Å². The fraction of sp³-hybridized carbons (Fsp3) is 0.750. The molecule has 1 aromatic rings. The van der Waals surface area contributed by atoms with Crippen LogP contribution in [0.4, 0.5) is 0 Å². The second-order valence-corrected chi connectivity index (χ2v) is 4.38. The monoisotopic (exact) mass is 209 g/mol. The molecule has 0 aliphatic carbocycles. The fourth-order valence-electron chi connectivity index (χ4n) is 1.81. The Morgan fingerprint density at radius 2 is 2.13 bits per heavy atom. The van der Waals surface area contributed by atoms with Gasteiger partial charge in [-0.15, -0.1) is 0 Å². The van der Waals surface area contributed by atoms with Crippen LogP contribution in [-0.2, 0) is 6.42 Å². The normalized spacial score (nSPS) is 13.4. The zero-order valence-corrected chi connectivity index (χ0v) is 10.3. The number of hydrogen-bond donors (Lipinski definition) is 1. The first-order valence-electron chi connectivity index (χ1n) is 5.89. The van der Waals surface area contributed by atoms with Crippen molar-refractivity contribution in [2.24, 2.45) is 0 Å². The van der Waals surface area contributed by atoms with Crippen LogP contribution >= 0.6 is 0 Å². The number of rotatable bonds is 6. The molecule has 0 fully saturated rings. The molecule has 0 aliphatic rings. The van der Waals surface area contributed by atoms with Crippen LogP contribution in [-0.4, -0.2) is 22.1 Å². The Morgan fingerprint density at radius 1 is 1.40 bits per heavy atom. The van der Waals surface area contributed by atoms with Crippen molar-refractivity contribution in [3.05, 3.63) is 18.2 Å². The number of nitrogens with zero attached hydrogens (tertiary/aromatic N) is 2. The Kier molecular flexibility index (Phi) is 4.82. The molecule has 0 spiro atoms. The first-order valence-corrected chi connectivity index (χ1v) is 5.89. The van der Waals surface area contributed by atoms with Crippen LogP contribution in [0.1, 0.15) is 45.9 Å². The van der Waals surface area contributed by atoms with Crippen LogP contribution in [0.3, 0.4) is 0 Å². The summed E-state index contributed by atoms with van der Waals surface area (Å²) in [5, 5.41) is 3.43. The summed E-state index contributed by atoms with van der Waals surface area (Å²) in [6.45, 7) is 9.82. The van der Waals surface area contributed by atoms with Crippen molar-refractivity contribution < 1.29 is 0 Å². The lowest BCUT2D eigenvalue weighted by Gasteiger charge is -2.14. The molecule has 1 rings (SSSR count). The molecule has 0 saturated heterocycles. The lowest BCUT2D eigenvalue weighted by molar-refractivity contribution is 0.507. The number of aromatic nitrogens is 2. The fourth-order valence-corrected chi connectivity index (χ4v) is 1.81. The van der Waals surface area contributed by atoms with Gasteiger partial charge in [-0.2, -0.15) is 0 Å². The van der Waals surface area contributed by atoms with Gasteiger partial charge in [-0.05, 0) is 40.2 Å². The van der Waals surface area contributed by atoms with Crippen molar-refractivity contribution in [3.8, 4) is 0 Å². The lowest BCUT2D eigenvalue weighted by Crippen LogP contribution is -2.26. The highest BCUT2D eigenvalue weighted by Gasteiger charge is 2.07. The summed E-state index contributed by atoms with van der Waals surface area (Å²) >= 11 is 0. The van der Waals surface area contributed by atoms with E-state index >= 15 is 0 Å². The van der Waals surface area contributed by atoms with E-state index in [1.165, 1.54) is 12.1 Å². The van der Waals surface area contributed by atoms with Crippen molar-refractivity contribution >= 4 is 0 Å². The minimum atomic E-state index is 0.511. The summed E-state index contributed by atoms with van der Waals surface area (Å²) < 4.78 is 2.25. The topological polar surface area (TPSA) is 29.9 Å². The third kappa shape index (κ3) is 3.67. The van der Waals surface area contributed by atoms with Crippen molar-refractivity contribution in [2.75, 3.05) is 6.54 Å². The van der Waals surface area contributed by atoms with E-state index in [1.807, 2.05) is 12.5 Å². The molecule has 0 radical (unpaired) electrons. The molecular weight excluding hydrogens is 186 g/mol. The molecule has 1 atom stereocenters.